The van der Waals surface area contributed by atoms with Gasteiger partial charge >= 0.3 is 0 Å². The molecule has 0 spiro atoms. The van der Waals surface area contributed by atoms with E-state index in [2.05, 4.69) is 20.9 Å². The second-order valence-electron chi connectivity index (χ2n) is 4.60. The summed E-state index contributed by atoms with van der Waals surface area (Å²) in [4.78, 5) is 12.8. The molecule has 19 heavy (non-hydrogen) atoms. The van der Waals surface area contributed by atoms with Crippen molar-refractivity contribution < 1.29 is 9.84 Å². The van der Waals surface area contributed by atoms with Gasteiger partial charge in [0.05, 0.1) is 24.7 Å². The highest BCUT2D eigenvalue weighted by molar-refractivity contribution is 7.18. The number of nitrogens with two attached hydrogens (primary N) is 1. The number of nitrogen functional groups attached to an aromatic ring is 1. The molecular weight excluding hydrogens is 264 g/mol. The van der Waals surface area contributed by atoms with Crippen molar-refractivity contribution in [2.45, 2.75) is 13.0 Å². The Labute approximate surface area is 114 Å². The third-order valence-corrected chi connectivity index (χ3v) is 4.10. The summed E-state index contributed by atoms with van der Waals surface area (Å²) in [6, 6.07) is 2.08. The van der Waals surface area contributed by atoms with Gasteiger partial charge < -0.3 is 20.5 Å². The average Bonchev–Trinajstić information content (AvgIpc) is 2.78. The monoisotopic (exact) mass is 280 g/mol. The van der Waals surface area contributed by atoms with E-state index < -0.39 is 0 Å². The molecule has 1 atom stereocenters. The van der Waals surface area contributed by atoms with E-state index in [1.807, 2.05) is 6.92 Å². The quantitative estimate of drug-likeness (QED) is 0.845. The van der Waals surface area contributed by atoms with E-state index in [1.165, 1.54) is 4.88 Å². The zero-order valence-electron chi connectivity index (χ0n) is 10.7. The van der Waals surface area contributed by atoms with E-state index in [0.717, 1.165) is 22.6 Å². The highest BCUT2D eigenvalue weighted by Crippen LogP contribution is 2.31. The molecule has 1 aliphatic rings. The van der Waals surface area contributed by atoms with Crippen LogP contribution in [0.4, 0.5) is 11.8 Å². The molecule has 0 aromatic carbocycles. The smallest absolute Gasteiger partial charge is 0.223 e. The van der Waals surface area contributed by atoms with Crippen molar-refractivity contribution >= 4 is 33.3 Å². The van der Waals surface area contributed by atoms with Gasteiger partial charge in [-0.25, -0.2) is 4.98 Å². The molecule has 3 rings (SSSR count). The Balaban J connectivity index is 2.03. The van der Waals surface area contributed by atoms with Crippen LogP contribution >= 0.6 is 11.3 Å². The number of fused-ring (bicyclic) bond motifs is 1. The summed E-state index contributed by atoms with van der Waals surface area (Å²) in [7, 11) is 0. The molecule has 0 bridgehead atoms. The van der Waals surface area contributed by atoms with Crippen LogP contribution in [0, 0.1) is 6.92 Å². The SMILES string of the molecule is Cc1cc2c(N3CCOC(CO)C3)nc(N)nc2s1. The van der Waals surface area contributed by atoms with Gasteiger partial charge in [0.2, 0.25) is 5.95 Å². The predicted molar refractivity (Wildman–Crippen MR) is 75.6 cm³/mol. The molecule has 2 aromatic rings. The van der Waals surface area contributed by atoms with Gasteiger partial charge in [0.1, 0.15) is 10.6 Å². The maximum absolute atomic E-state index is 9.22. The number of aliphatic hydroxyl groups excluding tert-OH is 1. The van der Waals surface area contributed by atoms with Crippen molar-refractivity contribution in [3.05, 3.63) is 10.9 Å². The summed E-state index contributed by atoms with van der Waals surface area (Å²) in [6.45, 7) is 4.01. The fourth-order valence-electron chi connectivity index (χ4n) is 2.31. The summed E-state index contributed by atoms with van der Waals surface area (Å²) in [6.07, 6.45) is -0.167. The summed E-state index contributed by atoms with van der Waals surface area (Å²) < 4.78 is 5.46. The van der Waals surface area contributed by atoms with E-state index in [-0.39, 0.29) is 18.7 Å². The summed E-state index contributed by atoms with van der Waals surface area (Å²) in [5, 5.41) is 10.2. The van der Waals surface area contributed by atoms with Gasteiger partial charge in [-0.3, -0.25) is 0 Å². The summed E-state index contributed by atoms with van der Waals surface area (Å²) in [5.74, 6) is 1.13. The molecule has 0 aliphatic carbocycles. The molecule has 1 unspecified atom stereocenters. The lowest BCUT2D eigenvalue weighted by atomic mass is 10.2. The van der Waals surface area contributed by atoms with E-state index in [9.17, 15) is 5.11 Å². The highest BCUT2D eigenvalue weighted by Gasteiger charge is 2.23. The van der Waals surface area contributed by atoms with Crippen molar-refractivity contribution in [3.8, 4) is 0 Å². The Bertz CT molecular complexity index is 601. The summed E-state index contributed by atoms with van der Waals surface area (Å²) in [5.41, 5.74) is 5.78. The van der Waals surface area contributed by atoms with Gasteiger partial charge in [0, 0.05) is 18.0 Å². The summed E-state index contributed by atoms with van der Waals surface area (Å²) >= 11 is 1.61. The number of aryl methyl sites for hydroxylation is 1. The molecule has 1 fully saturated rings. The van der Waals surface area contributed by atoms with Crippen LogP contribution in [-0.2, 0) is 4.74 Å². The van der Waals surface area contributed by atoms with Crippen LogP contribution in [-0.4, -0.2) is 47.5 Å². The third-order valence-electron chi connectivity index (χ3n) is 3.16. The number of morpholine rings is 1. The number of ether oxygens (including phenoxy) is 1. The molecule has 102 valence electrons. The lowest BCUT2D eigenvalue weighted by Crippen LogP contribution is -2.44. The molecule has 0 radical (unpaired) electrons. The Morgan fingerprint density at radius 1 is 1.58 bits per heavy atom. The van der Waals surface area contributed by atoms with Gasteiger partial charge in [-0.15, -0.1) is 11.3 Å². The first-order valence-corrected chi connectivity index (χ1v) is 7.00. The first-order chi connectivity index (χ1) is 9.17. The maximum Gasteiger partial charge on any atom is 0.223 e. The largest absolute Gasteiger partial charge is 0.394 e. The van der Waals surface area contributed by atoms with Crippen LogP contribution in [0.15, 0.2) is 6.07 Å². The fourth-order valence-corrected chi connectivity index (χ4v) is 3.19. The lowest BCUT2D eigenvalue weighted by molar-refractivity contribution is 0.00344. The van der Waals surface area contributed by atoms with Gasteiger partial charge in [0.15, 0.2) is 0 Å². The Hall–Kier alpha value is -1.44. The lowest BCUT2D eigenvalue weighted by Gasteiger charge is -2.33. The van der Waals surface area contributed by atoms with Crippen LogP contribution in [0.1, 0.15) is 4.88 Å². The second-order valence-corrected chi connectivity index (χ2v) is 5.84. The molecule has 7 heteroatoms. The molecule has 2 aromatic heterocycles. The van der Waals surface area contributed by atoms with Gasteiger partial charge in [-0.05, 0) is 13.0 Å². The molecule has 1 saturated heterocycles. The maximum atomic E-state index is 9.22. The molecule has 6 nitrogen and oxygen atoms in total. The Morgan fingerprint density at radius 2 is 2.42 bits per heavy atom. The van der Waals surface area contributed by atoms with Crippen molar-refractivity contribution in [2.75, 3.05) is 36.9 Å². The molecule has 3 heterocycles. The number of hydrogen-bond acceptors (Lipinski definition) is 7. The topological polar surface area (TPSA) is 84.5 Å². The van der Waals surface area contributed by atoms with E-state index in [0.29, 0.717) is 13.2 Å². The van der Waals surface area contributed by atoms with Crippen molar-refractivity contribution in [1.82, 2.24) is 9.97 Å². The molecule has 3 N–H and O–H groups in total. The van der Waals surface area contributed by atoms with Crippen LogP contribution in [0.25, 0.3) is 10.2 Å². The fraction of sp³-hybridized carbons (Fsp3) is 0.500. The molecule has 1 aliphatic heterocycles. The van der Waals surface area contributed by atoms with Gasteiger partial charge in [-0.1, -0.05) is 0 Å². The van der Waals surface area contributed by atoms with Crippen molar-refractivity contribution in [3.63, 3.8) is 0 Å². The van der Waals surface area contributed by atoms with E-state index in [4.69, 9.17) is 10.5 Å². The molecular formula is C12H16N4O2S. The van der Waals surface area contributed by atoms with Gasteiger partial charge in [0.25, 0.3) is 0 Å². The van der Waals surface area contributed by atoms with E-state index >= 15 is 0 Å². The molecule has 0 amide bonds. The van der Waals surface area contributed by atoms with Crippen molar-refractivity contribution in [2.24, 2.45) is 0 Å². The van der Waals surface area contributed by atoms with E-state index in [1.54, 1.807) is 11.3 Å². The number of nitrogens with zero attached hydrogens (tertiary/aromatic N) is 3. The number of anilines is 2. The Kier molecular flexibility index (Phi) is 3.26. The van der Waals surface area contributed by atoms with Crippen LogP contribution in [0.5, 0.6) is 0 Å². The van der Waals surface area contributed by atoms with Crippen LogP contribution < -0.4 is 10.6 Å². The number of aliphatic hydroxyl groups is 1. The highest BCUT2D eigenvalue weighted by atomic mass is 32.1. The minimum absolute atomic E-state index is 0.0167. The normalized spacial score (nSPS) is 20.1. The van der Waals surface area contributed by atoms with Crippen LogP contribution in [0.3, 0.4) is 0 Å². The van der Waals surface area contributed by atoms with Crippen LogP contribution in [0.2, 0.25) is 0 Å². The molecule has 0 saturated carbocycles. The van der Waals surface area contributed by atoms with Crippen molar-refractivity contribution in [1.29, 1.82) is 0 Å². The average molecular weight is 280 g/mol. The third kappa shape index (κ3) is 2.36. The second kappa shape index (κ2) is 4.92. The zero-order chi connectivity index (χ0) is 13.4. The number of thiophene rings is 1. The number of aromatic nitrogens is 2. The minimum atomic E-state index is -0.167. The number of hydrogen-bond donors (Lipinski definition) is 2. The first kappa shape index (κ1) is 12.6. The minimum Gasteiger partial charge on any atom is -0.394 e. The predicted octanol–water partition coefficient (Wildman–Crippen LogP) is 0.779. The van der Waals surface area contributed by atoms with Gasteiger partial charge in [-0.2, -0.15) is 4.98 Å². The first-order valence-electron chi connectivity index (χ1n) is 6.18. The standard InChI is InChI=1S/C12H16N4O2S/c1-7-4-9-10(14-12(13)15-11(9)19-7)16-2-3-18-8(5-16)6-17/h4,8,17H,2-3,5-6H2,1H3,(H2,13,14,15). The zero-order valence-corrected chi connectivity index (χ0v) is 11.5. The Morgan fingerprint density at radius 3 is 3.21 bits per heavy atom. The number of rotatable bonds is 2.